The fraction of sp³-hybridized carbons (Fsp3) is 0.435. The summed E-state index contributed by atoms with van der Waals surface area (Å²) in [7, 11) is -1.04. The van der Waals surface area contributed by atoms with E-state index in [1.54, 1.807) is 18.2 Å². The molecule has 0 radical (unpaired) electrons. The molecular formula is C23H24BClN2O5. The molecule has 4 rings (SSSR count). The normalized spacial score (nSPS) is 14.8. The van der Waals surface area contributed by atoms with Crippen LogP contribution in [0, 0.1) is 17.2 Å². The number of aryl methyl sites for hydroxylation is 1. The van der Waals surface area contributed by atoms with Crippen molar-refractivity contribution in [3.63, 3.8) is 0 Å². The number of nitriles is 1. The topological polar surface area (TPSA) is 102 Å². The van der Waals surface area contributed by atoms with Crippen LogP contribution >= 0.6 is 11.6 Å². The molecule has 1 aromatic heterocycles. The standard InChI is InChI=1S/C23H24BClN2O5/c1-2-14-9-16(12-26)22(30-8-4-3-5-20(28)15-6-7-15)27-23(14)32-18-10-17-13-31-24(29)21(17)19(25)11-18/h9-11,15,29H,2-8,13H2,1H3. The highest BCUT2D eigenvalue weighted by Gasteiger charge is 2.31. The Bertz CT molecular complexity index is 1070. The van der Waals surface area contributed by atoms with E-state index in [9.17, 15) is 15.1 Å². The van der Waals surface area contributed by atoms with E-state index in [0.717, 1.165) is 30.4 Å². The van der Waals surface area contributed by atoms with E-state index in [1.165, 1.54) is 0 Å². The first-order valence-electron chi connectivity index (χ1n) is 10.9. The predicted molar refractivity (Wildman–Crippen MR) is 119 cm³/mol. The minimum Gasteiger partial charge on any atom is -0.477 e. The molecule has 0 atom stereocenters. The molecule has 32 heavy (non-hydrogen) atoms. The molecule has 1 aliphatic heterocycles. The summed E-state index contributed by atoms with van der Waals surface area (Å²) in [5, 5.41) is 19.7. The minimum absolute atomic E-state index is 0.208. The van der Waals surface area contributed by atoms with E-state index in [-0.39, 0.29) is 18.4 Å². The fourth-order valence-electron chi connectivity index (χ4n) is 3.70. The number of ether oxygens (including phenoxy) is 2. The number of unbranched alkanes of at least 4 members (excludes halogenated alkanes) is 1. The first kappa shape index (κ1) is 22.6. The van der Waals surface area contributed by atoms with Crippen LogP contribution in [0.15, 0.2) is 18.2 Å². The third-order valence-electron chi connectivity index (χ3n) is 5.66. The molecule has 1 aromatic carbocycles. The lowest BCUT2D eigenvalue weighted by molar-refractivity contribution is -0.120. The summed E-state index contributed by atoms with van der Waals surface area (Å²) in [6.45, 7) is 2.55. The molecule has 166 valence electrons. The maximum absolute atomic E-state index is 11.8. The van der Waals surface area contributed by atoms with Gasteiger partial charge in [0.1, 0.15) is 23.2 Å². The number of hydrogen-bond acceptors (Lipinski definition) is 7. The molecule has 0 spiro atoms. The molecule has 0 amide bonds. The van der Waals surface area contributed by atoms with E-state index >= 15 is 0 Å². The molecule has 2 aromatic rings. The molecule has 7 nitrogen and oxygen atoms in total. The van der Waals surface area contributed by atoms with Crippen molar-refractivity contribution < 1.29 is 23.9 Å². The van der Waals surface area contributed by atoms with Crippen molar-refractivity contribution in [1.82, 2.24) is 4.98 Å². The number of carbonyl (C=O) groups is 1. The Kier molecular flexibility index (Phi) is 6.99. The van der Waals surface area contributed by atoms with E-state index in [4.69, 9.17) is 25.7 Å². The van der Waals surface area contributed by atoms with Crippen LogP contribution in [0.1, 0.15) is 55.7 Å². The summed E-state index contributed by atoms with van der Waals surface area (Å²) in [5.41, 5.74) is 2.40. The van der Waals surface area contributed by atoms with Gasteiger partial charge in [-0.1, -0.05) is 18.5 Å². The van der Waals surface area contributed by atoms with Gasteiger partial charge in [-0.2, -0.15) is 10.2 Å². The number of benzene rings is 1. The largest absolute Gasteiger partial charge is 0.493 e. The van der Waals surface area contributed by atoms with E-state index < -0.39 is 7.12 Å². The number of pyridine rings is 1. The molecule has 2 heterocycles. The first-order chi connectivity index (χ1) is 15.5. The highest BCUT2D eigenvalue weighted by atomic mass is 35.5. The predicted octanol–water partition coefficient (Wildman–Crippen LogP) is 3.71. The molecular weight excluding hydrogens is 431 g/mol. The summed E-state index contributed by atoms with van der Waals surface area (Å²) in [4.78, 5) is 16.3. The van der Waals surface area contributed by atoms with Gasteiger partial charge in [0, 0.05) is 28.4 Å². The molecule has 1 fully saturated rings. The molecule has 2 aliphatic rings. The zero-order valence-electron chi connectivity index (χ0n) is 17.9. The van der Waals surface area contributed by atoms with Gasteiger partial charge in [0.15, 0.2) is 0 Å². The number of halogens is 1. The Morgan fingerprint density at radius 1 is 1.34 bits per heavy atom. The Hall–Kier alpha value is -2.60. The molecule has 9 heteroatoms. The molecule has 0 saturated heterocycles. The van der Waals surface area contributed by atoms with Crippen molar-refractivity contribution in [1.29, 1.82) is 5.26 Å². The quantitative estimate of drug-likeness (QED) is 0.431. The van der Waals surface area contributed by atoms with Crippen molar-refractivity contribution in [3.8, 4) is 23.6 Å². The zero-order chi connectivity index (χ0) is 22.7. The van der Waals surface area contributed by atoms with Gasteiger partial charge in [-0.25, -0.2) is 0 Å². The lowest BCUT2D eigenvalue weighted by Gasteiger charge is -2.14. The van der Waals surface area contributed by atoms with Crippen molar-refractivity contribution in [2.75, 3.05) is 6.61 Å². The van der Waals surface area contributed by atoms with Crippen LogP contribution in [0.3, 0.4) is 0 Å². The number of carbonyl (C=O) groups excluding carboxylic acids is 1. The first-order valence-corrected chi connectivity index (χ1v) is 11.3. The van der Waals surface area contributed by atoms with Crippen LogP contribution in [-0.2, 0) is 22.5 Å². The van der Waals surface area contributed by atoms with Gasteiger partial charge < -0.3 is 19.2 Å². The zero-order valence-corrected chi connectivity index (χ0v) is 18.7. The van der Waals surface area contributed by atoms with Crippen LogP contribution in [0.25, 0.3) is 0 Å². The number of fused-ring (bicyclic) bond motifs is 1. The van der Waals surface area contributed by atoms with Gasteiger partial charge in [-0.05, 0) is 55.9 Å². The second kappa shape index (κ2) is 9.91. The molecule has 1 N–H and O–H groups in total. The maximum Gasteiger partial charge on any atom is 0.493 e. The van der Waals surface area contributed by atoms with E-state index in [0.29, 0.717) is 59.3 Å². The summed E-state index contributed by atoms with van der Waals surface area (Å²) < 4.78 is 17.0. The maximum atomic E-state index is 11.8. The molecule has 0 unspecified atom stereocenters. The van der Waals surface area contributed by atoms with Crippen LogP contribution in [-0.4, -0.2) is 29.5 Å². The average Bonchev–Trinajstić information content (AvgIpc) is 3.56. The lowest BCUT2D eigenvalue weighted by atomic mass is 9.79. The SMILES string of the molecule is CCc1cc(C#N)c(OCCCCC(=O)C2CC2)nc1Oc1cc(Cl)c2c(c1)COB2O. The van der Waals surface area contributed by atoms with Gasteiger partial charge in [0.25, 0.3) is 0 Å². The van der Waals surface area contributed by atoms with Crippen LogP contribution in [0.5, 0.6) is 17.5 Å². The third kappa shape index (κ3) is 5.07. The van der Waals surface area contributed by atoms with Crippen molar-refractivity contribution in [2.45, 2.75) is 52.1 Å². The van der Waals surface area contributed by atoms with Gasteiger partial charge in [-0.3, -0.25) is 4.79 Å². The fourth-order valence-corrected chi connectivity index (χ4v) is 4.02. The average molecular weight is 455 g/mol. The van der Waals surface area contributed by atoms with Crippen molar-refractivity contribution in [3.05, 3.63) is 39.9 Å². The smallest absolute Gasteiger partial charge is 0.477 e. The second-order valence-electron chi connectivity index (χ2n) is 8.06. The van der Waals surface area contributed by atoms with Crippen molar-refractivity contribution >= 4 is 30.0 Å². The van der Waals surface area contributed by atoms with Crippen LogP contribution in [0.2, 0.25) is 5.02 Å². The number of aromatic nitrogens is 1. The van der Waals surface area contributed by atoms with Gasteiger partial charge >= 0.3 is 7.12 Å². The van der Waals surface area contributed by atoms with Gasteiger partial charge in [0.2, 0.25) is 11.8 Å². The monoisotopic (exact) mass is 454 g/mol. The molecule has 1 saturated carbocycles. The highest BCUT2D eigenvalue weighted by molar-refractivity contribution is 6.65. The van der Waals surface area contributed by atoms with Gasteiger partial charge in [0.05, 0.1) is 13.2 Å². The molecule has 0 bridgehead atoms. The summed E-state index contributed by atoms with van der Waals surface area (Å²) in [5.74, 6) is 1.63. The number of Topliss-reactive ketones (excluding diaryl/α,β-unsaturated/α-hetero) is 1. The minimum atomic E-state index is -1.04. The number of rotatable bonds is 10. The second-order valence-corrected chi connectivity index (χ2v) is 8.47. The molecule has 1 aliphatic carbocycles. The van der Waals surface area contributed by atoms with Crippen LogP contribution < -0.4 is 14.9 Å². The third-order valence-corrected chi connectivity index (χ3v) is 5.98. The van der Waals surface area contributed by atoms with Gasteiger partial charge in [-0.15, -0.1) is 0 Å². The summed E-state index contributed by atoms with van der Waals surface area (Å²) >= 11 is 6.30. The number of ketones is 1. The Balaban J connectivity index is 1.46. The number of hydrogen-bond donors (Lipinski definition) is 1. The van der Waals surface area contributed by atoms with E-state index in [1.807, 2.05) is 6.92 Å². The van der Waals surface area contributed by atoms with Crippen LogP contribution in [0.4, 0.5) is 0 Å². The highest BCUT2D eigenvalue weighted by Crippen LogP contribution is 2.33. The number of nitrogens with zero attached hydrogens (tertiary/aromatic N) is 2. The Labute approximate surface area is 192 Å². The summed E-state index contributed by atoms with van der Waals surface area (Å²) in [6.07, 6.45) is 4.71. The Morgan fingerprint density at radius 2 is 2.16 bits per heavy atom. The lowest BCUT2D eigenvalue weighted by Crippen LogP contribution is -2.29. The Morgan fingerprint density at radius 3 is 2.88 bits per heavy atom. The van der Waals surface area contributed by atoms with Crippen molar-refractivity contribution in [2.24, 2.45) is 5.92 Å². The summed E-state index contributed by atoms with van der Waals surface area (Å²) in [6, 6.07) is 7.21. The van der Waals surface area contributed by atoms with E-state index in [2.05, 4.69) is 11.1 Å².